The van der Waals surface area contributed by atoms with Gasteiger partial charge < -0.3 is 4.74 Å². The van der Waals surface area contributed by atoms with Crippen LogP contribution in [-0.2, 0) is 4.74 Å². The molecule has 0 unspecified atom stereocenters. The van der Waals surface area contributed by atoms with Gasteiger partial charge in [0.15, 0.2) is 0 Å². The second-order valence-electron chi connectivity index (χ2n) is 5.37. The molecular formula is C13H19ClFOSi. The lowest BCUT2D eigenvalue weighted by Crippen LogP contribution is -2.21. The second kappa shape index (κ2) is 5.98. The molecule has 0 N–H and O–H groups in total. The Balaban J connectivity index is 2.55. The van der Waals surface area contributed by atoms with Gasteiger partial charge in [0.2, 0.25) is 0 Å². The molecule has 4 heteroatoms. The van der Waals surface area contributed by atoms with Gasteiger partial charge in [0.25, 0.3) is 0 Å². The van der Waals surface area contributed by atoms with E-state index in [2.05, 4.69) is 19.6 Å². The quantitative estimate of drug-likeness (QED) is 0.560. The number of ether oxygens (including phenoxy) is 1. The van der Waals surface area contributed by atoms with Crippen molar-refractivity contribution in [1.82, 2.24) is 0 Å². The standard InChI is InChI=1S/C13H19ClFOSi/c1-10-11(12(14)5-6-13(10)15)9-16-7-8-17(2,3)4/h5-6,9H,7-8H2,1-4H3. The van der Waals surface area contributed by atoms with Crippen LogP contribution in [-0.4, -0.2) is 14.7 Å². The lowest BCUT2D eigenvalue weighted by Gasteiger charge is -2.16. The van der Waals surface area contributed by atoms with Crippen molar-refractivity contribution < 1.29 is 9.13 Å². The van der Waals surface area contributed by atoms with E-state index in [0.717, 1.165) is 6.04 Å². The number of hydrogen-bond donors (Lipinski definition) is 0. The zero-order chi connectivity index (χ0) is 13.1. The first kappa shape index (κ1) is 14.7. The molecule has 0 heterocycles. The predicted octanol–water partition coefficient (Wildman–Crippen LogP) is 4.65. The van der Waals surface area contributed by atoms with Crippen molar-refractivity contribution in [1.29, 1.82) is 0 Å². The third-order valence-electron chi connectivity index (χ3n) is 2.57. The zero-order valence-electron chi connectivity index (χ0n) is 10.8. The summed E-state index contributed by atoms with van der Waals surface area (Å²) in [5, 5.41) is 0.525. The van der Waals surface area contributed by atoms with Crippen molar-refractivity contribution in [2.24, 2.45) is 0 Å². The summed E-state index contributed by atoms with van der Waals surface area (Å²) >= 11 is 6.00. The first-order valence-electron chi connectivity index (χ1n) is 5.71. The van der Waals surface area contributed by atoms with Gasteiger partial charge in [0.1, 0.15) is 12.4 Å². The highest BCUT2D eigenvalue weighted by Gasteiger charge is 2.13. The van der Waals surface area contributed by atoms with Crippen molar-refractivity contribution in [3.05, 3.63) is 40.7 Å². The monoisotopic (exact) mass is 273 g/mol. The van der Waals surface area contributed by atoms with Crippen molar-refractivity contribution in [2.45, 2.75) is 32.6 Å². The lowest BCUT2D eigenvalue weighted by molar-refractivity contribution is 0.228. The molecule has 1 rings (SSSR count). The number of benzene rings is 1. The van der Waals surface area contributed by atoms with E-state index in [9.17, 15) is 4.39 Å². The maximum atomic E-state index is 13.3. The smallest absolute Gasteiger partial charge is 0.126 e. The summed E-state index contributed by atoms with van der Waals surface area (Å²) in [4.78, 5) is 0. The van der Waals surface area contributed by atoms with E-state index in [1.807, 2.05) is 0 Å². The summed E-state index contributed by atoms with van der Waals surface area (Å²) < 4.78 is 18.8. The normalized spacial score (nSPS) is 11.9. The van der Waals surface area contributed by atoms with Gasteiger partial charge in [0.05, 0.1) is 0 Å². The molecule has 0 bridgehead atoms. The average molecular weight is 274 g/mol. The molecule has 0 saturated heterocycles. The van der Waals surface area contributed by atoms with E-state index in [0.29, 0.717) is 22.8 Å². The fraction of sp³-hybridized carbons (Fsp3) is 0.462. The van der Waals surface area contributed by atoms with Crippen LogP contribution in [0.5, 0.6) is 0 Å². The van der Waals surface area contributed by atoms with Crippen molar-refractivity contribution in [3.8, 4) is 0 Å². The van der Waals surface area contributed by atoms with Gasteiger partial charge in [-0.3, -0.25) is 0 Å². The molecule has 0 aromatic heterocycles. The van der Waals surface area contributed by atoms with E-state index >= 15 is 0 Å². The van der Waals surface area contributed by atoms with Crippen LogP contribution in [0.2, 0.25) is 30.7 Å². The van der Waals surface area contributed by atoms with Crippen LogP contribution in [0, 0.1) is 19.3 Å². The first-order chi connectivity index (χ1) is 7.81. The third-order valence-corrected chi connectivity index (χ3v) is 4.60. The summed E-state index contributed by atoms with van der Waals surface area (Å²) in [6.07, 6.45) is 0. The molecule has 0 spiro atoms. The molecule has 0 aliphatic rings. The van der Waals surface area contributed by atoms with Crippen LogP contribution >= 0.6 is 11.6 Å². The molecular weight excluding hydrogens is 255 g/mol. The Hall–Kier alpha value is -0.383. The molecule has 0 amide bonds. The topological polar surface area (TPSA) is 9.23 Å². The largest absolute Gasteiger partial charge is 0.371 e. The van der Waals surface area contributed by atoms with E-state index < -0.39 is 8.07 Å². The fourth-order valence-corrected chi connectivity index (χ4v) is 2.30. The molecule has 1 radical (unpaired) electrons. The van der Waals surface area contributed by atoms with Gasteiger partial charge in [-0.05, 0) is 30.7 Å². The van der Waals surface area contributed by atoms with E-state index in [1.165, 1.54) is 6.07 Å². The first-order valence-corrected chi connectivity index (χ1v) is 9.79. The van der Waals surface area contributed by atoms with Gasteiger partial charge in [-0.1, -0.05) is 31.2 Å². The molecule has 0 fully saturated rings. The van der Waals surface area contributed by atoms with E-state index in [-0.39, 0.29) is 5.82 Å². The molecule has 1 aromatic rings. The number of rotatable bonds is 5. The van der Waals surface area contributed by atoms with Gasteiger partial charge in [-0.25, -0.2) is 4.39 Å². The summed E-state index contributed by atoms with van der Waals surface area (Å²) in [7, 11) is -1.09. The van der Waals surface area contributed by atoms with Crippen LogP contribution in [0.15, 0.2) is 12.1 Å². The molecule has 1 nitrogen and oxygen atoms in total. The van der Waals surface area contributed by atoms with Gasteiger partial charge >= 0.3 is 0 Å². The molecule has 0 aliphatic heterocycles. The summed E-state index contributed by atoms with van der Waals surface area (Å²) in [5.41, 5.74) is 1.17. The molecule has 95 valence electrons. The molecule has 0 aliphatic carbocycles. The van der Waals surface area contributed by atoms with E-state index in [4.69, 9.17) is 16.3 Å². The Kier molecular flexibility index (Phi) is 5.16. The number of halogens is 2. The highest BCUT2D eigenvalue weighted by molar-refractivity contribution is 6.76. The van der Waals surface area contributed by atoms with Crippen molar-refractivity contribution in [2.75, 3.05) is 6.61 Å². The Morgan fingerprint density at radius 1 is 1.35 bits per heavy atom. The maximum Gasteiger partial charge on any atom is 0.126 e. The van der Waals surface area contributed by atoms with Gasteiger partial charge in [-0.2, -0.15) is 0 Å². The maximum absolute atomic E-state index is 13.3. The predicted molar refractivity (Wildman–Crippen MR) is 73.7 cm³/mol. The summed E-state index contributed by atoms with van der Waals surface area (Å²) in [6, 6.07) is 4.00. The minimum atomic E-state index is -1.09. The Bertz CT molecular complexity index is 388. The summed E-state index contributed by atoms with van der Waals surface area (Å²) in [6.45, 7) is 10.8. The SMILES string of the molecule is Cc1c(F)ccc(Cl)c1[CH]OCC[Si](C)(C)C. The molecule has 0 saturated carbocycles. The second-order valence-corrected chi connectivity index (χ2v) is 11.4. The fourth-order valence-electron chi connectivity index (χ4n) is 1.32. The van der Waals surface area contributed by atoms with Gasteiger partial charge in [0, 0.05) is 25.3 Å². The van der Waals surface area contributed by atoms with Gasteiger partial charge in [-0.15, -0.1) is 0 Å². The van der Waals surface area contributed by atoms with Crippen LogP contribution in [0.25, 0.3) is 0 Å². The highest BCUT2D eigenvalue weighted by atomic mass is 35.5. The Labute approximate surface area is 109 Å². The Morgan fingerprint density at radius 3 is 2.59 bits per heavy atom. The lowest BCUT2D eigenvalue weighted by atomic mass is 10.1. The van der Waals surface area contributed by atoms with E-state index in [1.54, 1.807) is 19.6 Å². The average Bonchev–Trinajstić information content (AvgIpc) is 2.21. The highest BCUT2D eigenvalue weighted by Crippen LogP contribution is 2.24. The van der Waals surface area contributed by atoms with Crippen molar-refractivity contribution >= 4 is 19.7 Å². The minimum Gasteiger partial charge on any atom is -0.371 e. The van der Waals surface area contributed by atoms with Crippen LogP contribution < -0.4 is 0 Å². The van der Waals surface area contributed by atoms with Crippen LogP contribution in [0.1, 0.15) is 11.1 Å². The van der Waals surface area contributed by atoms with Crippen LogP contribution in [0.3, 0.4) is 0 Å². The number of hydrogen-bond acceptors (Lipinski definition) is 1. The summed E-state index contributed by atoms with van der Waals surface area (Å²) in [5.74, 6) is -0.255. The van der Waals surface area contributed by atoms with Crippen molar-refractivity contribution in [3.63, 3.8) is 0 Å². The molecule has 1 aromatic carbocycles. The minimum absolute atomic E-state index is 0.255. The third kappa shape index (κ3) is 4.78. The molecule has 0 atom stereocenters. The molecule has 17 heavy (non-hydrogen) atoms. The zero-order valence-corrected chi connectivity index (χ0v) is 12.6. The van der Waals surface area contributed by atoms with Crippen LogP contribution in [0.4, 0.5) is 4.39 Å². The Morgan fingerprint density at radius 2 is 2.00 bits per heavy atom.